The molecule has 0 aliphatic carbocycles. The first-order chi connectivity index (χ1) is 4.86. The molecule has 1 radical (unpaired) electrons. The zero-order valence-electron chi connectivity index (χ0n) is 5.75. The molecular weight excluding hydrogens is 126 g/mol. The minimum absolute atomic E-state index is 0.00778. The number of aromatic nitrogens is 1. The van der Waals surface area contributed by atoms with Gasteiger partial charge in [-0.1, -0.05) is 0 Å². The third-order valence-corrected chi connectivity index (χ3v) is 1.33. The molecule has 1 heterocycles. The van der Waals surface area contributed by atoms with Crippen LogP contribution < -0.4 is 0 Å². The molecule has 1 N–H and O–H groups in total. The molecule has 0 aromatic carbocycles. The van der Waals surface area contributed by atoms with Gasteiger partial charge >= 0.3 is 0 Å². The lowest BCUT2D eigenvalue weighted by atomic mass is 10.2. The summed E-state index contributed by atoms with van der Waals surface area (Å²) in [5.74, 6) is 0. The predicted octanol–water partition coefficient (Wildman–Crippen LogP) is 0.950. The van der Waals surface area contributed by atoms with Crippen molar-refractivity contribution >= 4 is 0 Å². The van der Waals surface area contributed by atoms with Gasteiger partial charge in [-0.2, -0.15) is 0 Å². The van der Waals surface area contributed by atoms with E-state index in [1.54, 1.807) is 6.20 Å². The van der Waals surface area contributed by atoms with Crippen LogP contribution in [0.3, 0.4) is 0 Å². The predicted molar refractivity (Wildman–Crippen MR) is 39.2 cm³/mol. The van der Waals surface area contributed by atoms with E-state index in [0.29, 0.717) is 5.69 Å². The zero-order valence-corrected chi connectivity index (χ0v) is 5.75. The van der Waals surface area contributed by atoms with E-state index in [9.17, 15) is 0 Å². The Hall–Kier alpha value is -0.890. The van der Waals surface area contributed by atoms with E-state index in [1.807, 2.05) is 12.1 Å². The molecule has 1 rings (SSSR count). The van der Waals surface area contributed by atoms with E-state index in [4.69, 9.17) is 5.11 Å². The quantitative estimate of drug-likeness (QED) is 0.656. The Bertz CT molecular complexity index is 191. The molecule has 0 saturated carbocycles. The smallest absolute Gasteiger partial charge is 0.0853 e. The van der Waals surface area contributed by atoms with Gasteiger partial charge in [0.25, 0.3) is 0 Å². The monoisotopic (exact) mass is 136 g/mol. The summed E-state index contributed by atoms with van der Waals surface area (Å²) in [6.45, 7) is 3.73. The van der Waals surface area contributed by atoms with Gasteiger partial charge in [0.2, 0.25) is 0 Å². The first-order valence-corrected chi connectivity index (χ1v) is 3.20. The normalized spacial score (nSPS) is 9.80. The minimum atomic E-state index is 0.00778. The van der Waals surface area contributed by atoms with Crippen molar-refractivity contribution in [3.63, 3.8) is 0 Å². The van der Waals surface area contributed by atoms with Crippen LogP contribution in [0, 0.1) is 6.92 Å². The number of aliphatic hydroxyl groups excluding tert-OH is 1. The Kier molecular flexibility index (Phi) is 2.40. The summed E-state index contributed by atoms with van der Waals surface area (Å²) in [5.41, 5.74) is 1.82. The van der Waals surface area contributed by atoms with Crippen molar-refractivity contribution < 1.29 is 5.11 Å². The topological polar surface area (TPSA) is 33.1 Å². The van der Waals surface area contributed by atoms with Gasteiger partial charge in [-0.25, -0.2) is 0 Å². The first-order valence-electron chi connectivity index (χ1n) is 3.20. The second-order valence-electron chi connectivity index (χ2n) is 2.06. The molecule has 2 nitrogen and oxygen atoms in total. The van der Waals surface area contributed by atoms with Gasteiger partial charge in [0.1, 0.15) is 0 Å². The third kappa shape index (κ3) is 1.54. The van der Waals surface area contributed by atoms with Crippen LogP contribution in [0.2, 0.25) is 0 Å². The Morgan fingerprint density at radius 2 is 2.40 bits per heavy atom. The zero-order chi connectivity index (χ0) is 7.40. The van der Waals surface area contributed by atoms with E-state index < -0.39 is 0 Å². The van der Waals surface area contributed by atoms with Crippen molar-refractivity contribution in [1.82, 2.24) is 4.98 Å². The van der Waals surface area contributed by atoms with Crippen molar-refractivity contribution in [3.8, 4) is 0 Å². The van der Waals surface area contributed by atoms with E-state index in [1.165, 1.54) is 0 Å². The van der Waals surface area contributed by atoms with Crippen LogP contribution in [0.5, 0.6) is 0 Å². The molecule has 0 saturated heterocycles. The van der Waals surface area contributed by atoms with Crippen LogP contribution in [-0.4, -0.2) is 10.1 Å². The van der Waals surface area contributed by atoms with Crippen LogP contribution in [0.15, 0.2) is 18.3 Å². The molecule has 1 aromatic heterocycles. The summed E-state index contributed by atoms with van der Waals surface area (Å²) in [6.07, 6.45) is 2.43. The standard InChI is InChI=1S/C8H10NO/c1-2-7-3-4-9-8(5-7)6-10/h3-5,10H,1-2,6H2. The van der Waals surface area contributed by atoms with Crippen LogP contribution in [0.4, 0.5) is 0 Å². The van der Waals surface area contributed by atoms with Crippen molar-refractivity contribution in [2.75, 3.05) is 0 Å². The highest BCUT2D eigenvalue weighted by Gasteiger charge is 1.91. The Morgan fingerprint density at radius 3 is 3.00 bits per heavy atom. The van der Waals surface area contributed by atoms with Gasteiger partial charge < -0.3 is 5.11 Å². The van der Waals surface area contributed by atoms with E-state index in [-0.39, 0.29) is 6.61 Å². The maximum absolute atomic E-state index is 8.67. The molecular formula is C8H10NO. The molecule has 2 heteroatoms. The Morgan fingerprint density at radius 1 is 1.60 bits per heavy atom. The Labute approximate surface area is 60.5 Å². The SMILES string of the molecule is [CH2]Cc1ccnc(CO)c1. The molecule has 1 aromatic rings. The molecule has 0 aliphatic heterocycles. The summed E-state index contributed by atoms with van der Waals surface area (Å²) in [7, 11) is 0. The average Bonchev–Trinajstić information content (AvgIpc) is 2.05. The summed E-state index contributed by atoms with van der Waals surface area (Å²) in [5, 5.41) is 8.67. The fraction of sp³-hybridized carbons (Fsp3) is 0.250. The third-order valence-electron chi connectivity index (χ3n) is 1.33. The lowest BCUT2D eigenvalue weighted by Gasteiger charge is -1.97. The fourth-order valence-electron chi connectivity index (χ4n) is 0.770. The largest absolute Gasteiger partial charge is 0.390 e. The molecule has 0 fully saturated rings. The van der Waals surface area contributed by atoms with Gasteiger partial charge in [-0.15, -0.1) is 0 Å². The lowest BCUT2D eigenvalue weighted by molar-refractivity contribution is 0.277. The summed E-state index contributed by atoms with van der Waals surface area (Å²) < 4.78 is 0. The average molecular weight is 136 g/mol. The van der Waals surface area contributed by atoms with Crippen LogP contribution in [-0.2, 0) is 13.0 Å². The van der Waals surface area contributed by atoms with E-state index >= 15 is 0 Å². The number of nitrogens with zero attached hydrogens (tertiary/aromatic N) is 1. The Balaban J connectivity index is 2.87. The molecule has 10 heavy (non-hydrogen) atoms. The second kappa shape index (κ2) is 3.32. The highest BCUT2D eigenvalue weighted by atomic mass is 16.3. The van der Waals surface area contributed by atoms with Gasteiger partial charge in [-0.05, 0) is 31.0 Å². The van der Waals surface area contributed by atoms with E-state index in [2.05, 4.69) is 11.9 Å². The molecule has 53 valence electrons. The molecule has 0 amide bonds. The van der Waals surface area contributed by atoms with Crippen LogP contribution in [0.25, 0.3) is 0 Å². The molecule has 0 spiro atoms. The van der Waals surface area contributed by atoms with Crippen molar-refractivity contribution in [2.24, 2.45) is 0 Å². The van der Waals surface area contributed by atoms with E-state index in [0.717, 1.165) is 12.0 Å². The number of aliphatic hydroxyl groups is 1. The maximum Gasteiger partial charge on any atom is 0.0853 e. The highest BCUT2D eigenvalue weighted by molar-refractivity contribution is 5.16. The van der Waals surface area contributed by atoms with Gasteiger partial charge in [-0.3, -0.25) is 4.98 Å². The first kappa shape index (κ1) is 7.22. The number of hydrogen-bond acceptors (Lipinski definition) is 2. The van der Waals surface area contributed by atoms with Crippen molar-refractivity contribution in [2.45, 2.75) is 13.0 Å². The molecule has 0 bridgehead atoms. The summed E-state index contributed by atoms with van der Waals surface area (Å²) in [6, 6.07) is 3.75. The molecule has 0 aliphatic rings. The van der Waals surface area contributed by atoms with Crippen LogP contribution >= 0.6 is 0 Å². The van der Waals surface area contributed by atoms with Gasteiger partial charge in [0.15, 0.2) is 0 Å². The van der Waals surface area contributed by atoms with Gasteiger partial charge in [0.05, 0.1) is 12.3 Å². The number of hydrogen-bond donors (Lipinski definition) is 1. The highest BCUT2D eigenvalue weighted by Crippen LogP contribution is 2.01. The van der Waals surface area contributed by atoms with Gasteiger partial charge in [0, 0.05) is 6.20 Å². The summed E-state index contributed by atoms with van der Waals surface area (Å²) in [4.78, 5) is 3.93. The second-order valence-corrected chi connectivity index (χ2v) is 2.06. The molecule has 0 unspecified atom stereocenters. The van der Waals surface area contributed by atoms with Crippen LogP contribution in [0.1, 0.15) is 11.3 Å². The maximum atomic E-state index is 8.67. The lowest BCUT2D eigenvalue weighted by Crippen LogP contribution is -1.90. The molecule has 0 atom stereocenters. The summed E-state index contributed by atoms with van der Waals surface area (Å²) >= 11 is 0. The number of pyridine rings is 1. The minimum Gasteiger partial charge on any atom is -0.390 e. The van der Waals surface area contributed by atoms with Crippen molar-refractivity contribution in [1.29, 1.82) is 0 Å². The van der Waals surface area contributed by atoms with Crippen molar-refractivity contribution in [3.05, 3.63) is 36.5 Å². The number of rotatable bonds is 2. The fourth-order valence-corrected chi connectivity index (χ4v) is 0.770.